The van der Waals surface area contributed by atoms with E-state index in [0.717, 1.165) is 0 Å². The summed E-state index contributed by atoms with van der Waals surface area (Å²) in [6.45, 7) is 0. The zero-order valence-electron chi connectivity index (χ0n) is 7.59. The summed E-state index contributed by atoms with van der Waals surface area (Å²) < 4.78 is 0. The van der Waals surface area contributed by atoms with Gasteiger partial charge in [0.1, 0.15) is 0 Å². The molecule has 0 heterocycles. The molecule has 0 saturated heterocycles. The molecule has 0 aliphatic rings. The first-order valence-corrected chi connectivity index (χ1v) is 2.25. The third kappa shape index (κ3) is 59.7. The molecule has 4 N–H and O–H groups in total. The van der Waals surface area contributed by atoms with Crippen LogP contribution in [-0.2, 0) is 0 Å². The Labute approximate surface area is 123 Å². The molecule has 0 aromatic rings. The van der Waals surface area contributed by atoms with Crippen molar-refractivity contribution >= 4 is 18.2 Å². The minimum absolute atomic E-state index is 0. The molecule has 14 heavy (non-hydrogen) atoms. The third-order valence-electron chi connectivity index (χ3n) is 0.247. The van der Waals surface area contributed by atoms with Crippen LogP contribution in [0.1, 0.15) is 0 Å². The largest absolute Gasteiger partial charge is 1.00 e. The van der Waals surface area contributed by atoms with E-state index in [0.29, 0.717) is 0 Å². The third-order valence-corrected chi connectivity index (χ3v) is 0.247. The van der Waals surface area contributed by atoms with E-state index in [2.05, 4.69) is 21.7 Å². The normalized spacial score (nSPS) is 7.14. The Morgan fingerprint density at radius 1 is 0.857 bits per heavy atom. The fourth-order valence-corrected chi connectivity index (χ4v) is 0.0986. The maximum Gasteiger partial charge on any atom is 1.00 e. The number of hydrogen-bond acceptors (Lipinski definition) is 5. The summed E-state index contributed by atoms with van der Waals surface area (Å²) in [7, 11) is 0. The molecule has 0 saturated carbocycles. The maximum absolute atomic E-state index is 9.66. The summed E-state index contributed by atoms with van der Waals surface area (Å²) in [6, 6.07) is -2.08. The van der Waals surface area contributed by atoms with Gasteiger partial charge in [-0.2, -0.15) is 0 Å². The first-order chi connectivity index (χ1) is 5.36. The molecule has 0 unspecified atom stereocenters. The van der Waals surface area contributed by atoms with E-state index in [4.69, 9.17) is 15.0 Å². The Morgan fingerprint density at radius 2 is 1.00 bits per heavy atom. The smallest absolute Gasteiger partial charge is 0.652 e. The van der Waals surface area contributed by atoms with E-state index in [1.807, 2.05) is 0 Å². The van der Waals surface area contributed by atoms with Gasteiger partial charge in [-0.05, 0) is 6.16 Å². The SMILES string of the molecule is NC(=O)N=NC(N)=O.O=C([O-])[O-].[Na+].[Na+]. The van der Waals surface area contributed by atoms with Crippen molar-refractivity contribution in [3.05, 3.63) is 0 Å². The number of carboxylic acid groups (broad SMARTS) is 2. The summed E-state index contributed by atoms with van der Waals surface area (Å²) >= 11 is 0. The fourth-order valence-electron chi connectivity index (χ4n) is 0.0986. The summed E-state index contributed by atoms with van der Waals surface area (Å²) in [5, 5.41) is 21.9. The second kappa shape index (κ2) is 15.3. The number of azo groups is 1. The summed E-state index contributed by atoms with van der Waals surface area (Å²) in [5.41, 5.74) is 8.87. The molecule has 0 rings (SSSR count). The number of urea groups is 2. The molecule has 0 bridgehead atoms. The quantitative estimate of drug-likeness (QED) is 0.305. The number of amides is 4. The topological polar surface area (TPSA) is 174 Å². The second-order valence-electron chi connectivity index (χ2n) is 1.13. The molecule has 4 amide bonds. The number of carbonyl (C=O) groups is 3. The van der Waals surface area contributed by atoms with Crippen molar-refractivity contribution in [1.82, 2.24) is 0 Å². The number of nitrogens with two attached hydrogens (primary N) is 2. The van der Waals surface area contributed by atoms with Crippen molar-refractivity contribution in [3.8, 4) is 0 Å². The number of nitrogens with zero attached hydrogens (tertiary/aromatic N) is 2. The van der Waals surface area contributed by atoms with Crippen molar-refractivity contribution in [3.63, 3.8) is 0 Å². The van der Waals surface area contributed by atoms with Crippen molar-refractivity contribution in [2.45, 2.75) is 0 Å². The van der Waals surface area contributed by atoms with Crippen molar-refractivity contribution in [2.75, 3.05) is 0 Å². The van der Waals surface area contributed by atoms with Gasteiger partial charge in [0, 0.05) is 0 Å². The molecule has 0 aromatic carbocycles. The number of hydrogen-bond donors (Lipinski definition) is 2. The van der Waals surface area contributed by atoms with Crippen LogP contribution < -0.4 is 80.8 Å². The van der Waals surface area contributed by atoms with Crippen LogP contribution in [0.2, 0.25) is 0 Å². The van der Waals surface area contributed by atoms with Crippen LogP contribution in [0.4, 0.5) is 14.4 Å². The minimum Gasteiger partial charge on any atom is -0.652 e. The molecule has 0 radical (unpaired) electrons. The molecular formula is C3H4N4Na2O5. The van der Waals surface area contributed by atoms with Gasteiger partial charge in [-0.25, -0.2) is 9.59 Å². The standard InChI is InChI=1S/C2H4N4O2.CH2O3.2Na/c3-1(7)5-6-2(4)8;2-1(3)4;;/h(H2,3,7)(H2,4,8);(H2,2,3,4);;/q;;2*+1/p-2. The van der Waals surface area contributed by atoms with E-state index in [9.17, 15) is 9.59 Å². The second-order valence-corrected chi connectivity index (χ2v) is 1.13. The van der Waals surface area contributed by atoms with Gasteiger partial charge in [-0.15, -0.1) is 0 Å². The van der Waals surface area contributed by atoms with Crippen LogP contribution in [0.3, 0.4) is 0 Å². The van der Waals surface area contributed by atoms with Crippen LogP contribution in [0, 0.1) is 0 Å². The Bertz CT molecular complexity index is 199. The zero-order chi connectivity index (χ0) is 10.1. The summed E-state index contributed by atoms with van der Waals surface area (Å²) in [4.78, 5) is 27.6. The van der Waals surface area contributed by atoms with E-state index >= 15 is 0 Å². The monoisotopic (exact) mass is 222 g/mol. The van der Waals surface area contributed by atoms with Crippen LogP contribution in [-0.4, -0.2) is 18.2 Å². The summed E-state index contributed by atoms with van der Waals surface area (Å²) in [6.07, 6.45) is -2.33. The predicted molar refractivity (Wildman–Crippen MR) is 29.4 cm³/mol. The molecular weight excluding hydrogens is 218 g/mol. The Kier molecular flexibility index (Phi) is 25.7. The van der Waals surface area contributed by atoms with Crippen LogP contribution in [0.25, 0.3) is 0 Å². The fraction of sp³-hybridized carbons (Fsp3) is 0. The summed E-state index contributed by atoms with van der Waals surface area (Å²) in [5.74, 6) is 0. The van der Waals surface area contributed by atoms with Crippen LogP contribution >= 0.6 is 0 Å². The number of carbonyl (C=O) groups excluding carboxylic acids is 3. The molecule has 68 valence electrons. The molecule has 0 spiro atoms. The minimum atomic E-state index is -2.33. The van der Waals surface area contributed by atoms with Gasteiger partial charge in [-0.1, -0.05) is 10.2 Å². The van der Waals surface area contributed by atoms with Crippen molar-refractivity contribution in [2.24, 2.45) is 21.7 Å². The Hall–Kier alpha value is -0.190. The molecule has 0 aliphatic heterocycles. The van der Waals surface area contributed by atoms with Gasteiger partial charge in [0.05, 0.1) is 0 Å². The Balaban J connectivity index is -0.0000000733. The van der Waals surface area contributed by atoms with Gasteiger partial charge in [0.15, 0.2) is 0 Å². The van der Waals surface area contributed by atoms with Gasteiger partial charge in [-0.3, -0.25) is 0 Å². The van der Waals surface area contributed by atoms with Crippen LogP contribution in [0.15, 0.2) is 10.2 Å². The molecule has 0 aliphatic carbocycles. The molecule has 0 fully saturated rings. The van der Waals surface area contributed by atoms with E-state index < -0.39 is 18.2 Å². The molecule has 9 nitrogen and oxygen atoms in total. The first kappa shape index (κ1) is 23.5. The van der Waals surface area contributed by atoms with Gasteiger partial charge < -0.3 is 26.5 Å². The average molecular weight is 222 g/mol. The zero-order valence-corrected chi connectivity index (χ0v) is 11.6. The maximum atomic E-state index is 9.66. The first-order valence-electron chi connectivity index (χ1n) is 2.25. The van der Waals surface area contributed by atoms with Crippen LogP contribution in [0.5, 0.6) is 0 Å². The van der Waals surface area contributed by atoms with Gasteiger partial charge in [0.2, 0.25) is 0 Å². The van der Waals surface area contributed by atoms with Crippen molar-refractivity contribution < 1.29 is 83.7 Å². The predicted octanol–water partition coefficient (Wildman–Crippen LogP) is -8.84. The van der Waals surface area contributed by atoms with Gasteiger partial charge in [0.25, 0.3) is 0 Å². The molecule has 0 atom stereocenters. The molecule has 11 heteroatoms. The van der Waals surface area contributed by atoms with E-state index in [-0.39, 0.29) is 59.1 Å². The molecule has 0 aromatic heterocycles. The van der Waals surface area contributed by atoms with Gasteiger partial charge >= 0.3 is 71.2 Å². The van der Waals surface area contributed by atoms with E-state index in [1.54, 1.807) is 0 Å². The van der Waals surface area contributed by atoms with Crippen molar-refractivity contribution in [1.29, 1.82) is 0 Å². The Morgan fingerprint density at radius 3 is 1.07 bits per heavy atom. The number of primary amides is 2. The average Bonchev–Trinajstić information content (AvgIpc) is 1.82. The van der Waals surface area contributed by atoms with E-state index in [1.165, 1.54) is 0 Å². The number of rotatable bonds is 0.